The van der Waals surface area contributed by atoms with Gasteiger partial charge in [0.15, 0.2) is 6.10 Å². The molecule has 0 spiro atoms. The van der Waals surface area contributed by atoms with Crippen LogP contribution in [0.4, 0.5) is 0 Å². The Balaban J connectivity index is 2.51. The van der Waals surface area contributed by atoms with E-state index in [1.165, 1.54) is 25.7 Å². The molecule has 15 heteroatoms. The summed E-state index contributed by atoms with van der Waals surface area (Å²) in [7, 11) is -4.78. The first-order valence-corrected chi connectivity index (χ1v) is 23.0. The molecule has 330 valence electrons. The highest BCUT2D eigenvalue weighted by atomic mass is 31.2. The first-order valence-electron chi connectivity index (χ1n) is 21.5. The quantitative estimate of drug-likeness (QED) is 0.0177. The van der Waals surface area contributed by atoms with Crippen molar-refractivity contribution < 1.29 is 62.5 Å². The predicted molar refractivity (Wildman–Crippen MR) is 218 cm³/mol. The highest BCUT2D eigenvalue weighted by Gasteiger charge is 2.39. The van der Waals surface area contributed by atoms with Gasteiger partial charge >= 0.3 is 25.7 Å². The molecule has 0 aromatic carbocycles. The Morgan fingerprint density at radius 2 is 1.37 bits per heavy atom. The monoisotopic (exact) mass is 831 g/mol. The average molecular weight is 832 g/mol. The van der Waals surface area contributed by atoms with Gasteiger partial charge < -0.3 is 35.4 Å². The van der Waals surface area contributed by atoms with Crippen molar-refractivity contribution in [2.45, 2.75) is 186 Å². The third-order valence-corrected chi connectivity index (χ3v) is 11.0. The number of aliphatic hydroxyl groups excluding tert-OH is 2. The van der Waals surface area contributed by atoms with Crippen molar-refractivity contribution >= 4 is 31.5 Å². The third-order valence-electron chi connectivity index (χ3n) is 10.1. The Hall–Kier alpha value is -2.45. The van der Waals surface area contributed by atoms with Crippen LogP contribution in [0.2, 0.25) is 0 Å². The molecule has 0 saturated heterocycles. The fraction of sp³-hybridized carbons (Fsp3) is 0.810. The van der Waals surface area contributed by atoms with Gasteiger partial charge in [-0.1, -0.05) is 115 Å². The molecule has 1 rings (SSSR count). The van der Waals surface area contributed by atoms with Gasteiger partial charge in [-0.05, 0) is 51.4 Å². The summed E-state index contributed by atoms with van der Waals surface area (Å²) in [5.41, 5.74) is 5.32. The number of esters is 2. The van der Waals surface area contributed by atoms with Crippen LogP contribution in [0.5, 0.6) is 0 Å². The van der Waals surface area contributed by atoms with Gasteiger partial charge in [-0.25, -0.2) is 4.57 Å². The largest absolute Gasteiger partial charge is 0.480 e. The Kier molecular flexibility index (Phi) is 29.9. The molecule has 6 N–H and O–H groups in total. The number of allylic oxidation sites excluding steroid dienone is 2. The zero-order chi connectivity index (χ0) is 42.3. The average Bonchev–Trinajstić information content (AvgIpc) is 3.44. The van der Waals surface area contributed by atoms with Crippen molar-refractivity contribution in [2.24, 2.45) is 17.6 Å². The van der Waals surface area contributed by atoms with Crippen LogP contribution in [-0.2, 0) is 42.3 Å². The second kappa shape index (κ2) is 32.4. The molecular formula is C42H74NO13P. The summed E-state index contributed by atoms with van der Waals surface area (Å²) >= 11 is 0. The number of ketones is 1. The van der Waals surface area contributed by atoms with E-state index in [1.807, 2.05) is 0 Å². The first-order chi connectivity index (χ1) is 27.3. The number of carbonyl (C=O) groups excluding carboxylic acids is 3. The summed E-state index contributed by atoms with van der Waals surface area (Å²) in [5.74, 6) is -3.22. The maximum atomic E-state index is 12.7. The normalized spacial score (nSPS) is 19.8. The van der Waals surface area contributed by atoms with Crippen LogP contribution >= 0.6 is 7.82 Å². The van der Waals surface area contributed by atoms with Crippen molar-refractivity contribution in [2.75, 3.05) is 19.8 Å². The van der Waals surface area contributed by atoms with Gasteiger partial charge in [0.25, 0.3) is 0 Å². The fourth-order valence-electron chi connectivity index (χ4n) is 6.60. The number of carboxylic acid groups (broad SMARTS) is 1. The van der Waals surface area contributed by atoms with Crippen molar-refractivity contribution in [1.29, 1.82) is 0 Å². The van der Waals surface area contributed by atoms with Crippen LogP contribution in [0.1, 0.15) is 162 Å². The second-order valence-corrected chi connectivity index (χ2v) is 16.7. The lowest BCUT2D eigenvalue weighted by atomic mass is 9.88. The fourth-order valence-corrected chi connectivity index (χ4v) is 7.38. The number of aliphatic carboxylic acids is 1. The zero-order valence-electron chi connectivity index (χ0n) is 34.6. The second-order valence-electron chi connectivity index (χ2n) is 15.2. The molecule has 1 unspecified atom stereocenters. The third kappa shape index (κ3) is 27.0. The molecule has 0 radical (unpaired) electrons. The number of hydrogen-bond acceptors (Lipinski definition) is 12. The minimum Gasteiger partial charge on any atom is -0.480 e. The van der Waals surface area contributed by atoms with Crippen LogP contribution in [0.25, 0.3) is 0 Å². The topological polar surface area (TPSA) is 229 Å². The number of phosphoric ester groups is 1. The number of hydrogen-bond donors (Lipinski definition) is 5. The lowest BCUT2D eigenvalue weighted by Crippen LogP contribution is -2.34. The van der Waals surface area contributed by atoms with Crippen LogP contribution in [-0.4, -0.2) is 88.1 Å². The minimum atomic E-state index is -4.78. The molecule has 0 amide bonds. The van der Waals surface area contributed by atoms with E-state index in [1.54, 1.807) is 12.2 Å². The highest BCUT2D eigenvalue weighted by Crippen LogP contribution is 2.43. The van der Waals surface area contributed by atoms with Gasteiger partial charge in [0, 0.05) is 31.1 Å². The molecule has 7 atom stereocenters. The molecule has 0 aliphatic heterocycles. The minimum absolute atomic E-state index is 0.0138. The lowest BCUT2D eigenvalue weighted by Gasteiger charge is -2.20. The van der Waals surface area contributed by atoms with Gasteiger partial charge in [0.2, 0.25) is 0 Å². The summed E-state index contributed by atoms with van der Waals surface area (Å²) in [5, 5.41) is 29.6. The number of aliphatic hydroxyl groups is 2. The van der Waals surface area contributed by atoms with Crippen molar-refractivity contribution in [3.05, 3.63) is 24.3 Å². The van der Waals surface area contributed by atoms with Crippen molar-refractivity contribution in [3.8, 4) is 0 Å². The molecule has 1 aliphatic rings. The summed E-state index contributed by atoms with van der Waals surface area (Å²) < 4.78 is 32.6. The summed E-state index contributed by atoms with van der Waals surface area (Å²) in [6.45, 7) is 2.42. The highest BCUT2D eigenvalue weighted by molar-refractivity contribution is 7.47. The summed E-state index contributed by atoms with van der Waals surface area (Å²) in [6, 6.07) is -1.56. The molecule has 0 heterocycles. The Morgan fingerprint density at radius 3 is 2.02 bits per heavy atom. The molecule has 57 heavy (non-hydrogen) atoms. The van der Waals surface area contributed by atoms with E-state index in [0.717, 1.165) is 64.2 Å². The number of unbranched alkanes of at least 4 members (excludes halogenated alkanes) is 14. The van der Waals surface area contributed by atoms with E-state index in [4.69, 9.17) is 24.8 Å². The molecule has 0 aromatic heterocycles. The van der Waals surface area contributed by atoms with Gasteiger partial charge in [0.05, 0.1) is 25.4 Å². The Labute approximate surface area is 340 Å². The Bertz CT molecular complexity index is 1230. The number of carboxylic acids is 1. The van der Waals surface area contributed by atoms with E-state index >= 15 is 0 Å². The predicted octanol–water partition coefficient (Wildman–Crippen LogP) is 7.65. The van der Waals surface area contributed by atoms with Gasteiger partial charge in [-0.2, -0.15) is 0 Å². The molecule has 1 fully saturated rings. The number of carbonyl (C=O) groups is 4. The SMILES string of the molecule is CCCCCC/C=C\CCCCCCCC(=O)OC[C@H](COP(=O)(O)OC[C@H](N)C(=O)O)OC(=O)CCCCCC[C@H]1C(=O)C[C@@H](O)[C@@H]1/C=C/[C@@H](O)CCCCC. The van der Waals surface area contributed by atoms with E-state index in [9.17, 15) is 38.8 Å². The van der Waals surface area contributed by atoms with Gasteiger partial charge in [0.1, 0.15) is 18.4 Å². The smallest absolute Gasteiger partial charge is 0.472 e. The lowest BCUT2D eigenvalue weighted by molar-refractivity contribution is -0.161. The number of ether oxygens (including phenoxy) is 2. The first kappa shape index (κ1) is 52.6. The maximum absolute atomic E-state index is 12.7. The van der Waals surface area contributed by atoms with E-state index in [2.05, 4.69) is 30.5 Å². The molecule has 0 aromatic rings. The van der Waals surface area contributed by atoms with Crippen LogP contribution in [0.3, 0.4) is 0 Å². The van der Waals surface area contributed by atoms with Crippen LogP contribution < -0.4 is 5.73 Å². The molecule has 1 aliphatic carbocycles. The zero-order valence-corrected chi connectivity index (χ0v) is 35.5. The van der Waals surface area contributed by atoms with Crippen LogP contribution in [0, 0.1) is 11.8 Å². The molecule has 1 saturated carbocycles. The molecule has 0 bridgehead atoms. The van der Waals surface area contributed by atoms with Gasteiger partial charge in [-0.3, -0.25) is 28.2 Å². The van der Waals surface area contributed by atoms with E-state index in [0.29, 0.717) is 38.5 Å². The maximum Gasteiger partial charge on any atom is 0.472 e. The number of rotatable bonds is 36. The summed E-state index contributed by atoms with van der Waals surface area (Å²) in [6.07, 6.45) is 24.4. The van der Waals surface area contributed by atoms with Crippen molar-refractivity contribution in [1.82, 2.24) is 0 Å². The van der Waals surface area contributed by atoms with E-state index in [-0.39, 0.29) is 36.9 Å². The standard InChI is InChI=1S/C42H74NO13P/c1-3-5-7-8-9-10-11-12-13-14-15-16-21-25-40(47)53-30-34(31-54-57(51,52)55-32-37(43)42(49)50)56-41(48)26-22-18-17-20-24-35-36(39(46)29-38(35)45)28-27-33(44)23-19-6-4-2/h10-11,27-28,33-37,39,44,46H,3-9,12-26,29-32,43H2,1-2H3,(H,49,50)(H,51,52)/b11-10-,28-27+/t33-,34+,35+,36+,37-,39+/m0/s1. The van der Waals surface area contributed by atoms with E-state index < -0.39 is 69.9 Å². The van der Waals surface area contributed by atoms with Crippen LogP contribution in [0.15, 0.2) is 24.3 Å². The number of nitrogens with two attached hydrogens (primary N) is 1. The molecular weight excluding hydrogens is 757 g/mol. The van der Waals surface area contributed by atoms with Gasteiger partial charge in [-0.15, -0.1) is 0 Å². The van der Waals surface area contributed by atoms with Crippen molar-refractivity contribution in [3.63, 3.8) is 0 Å². The summed E-state index contributed by atoms with van der Waals surface area (Å²) in [4.78, 5) is 58.7. The molecule has 14 nitrogen and oxygen atoms in total. The Morgan fingerprint density at radius 1 is 0.807 bits per heavy atom. The number of Topliss-reactive ketones (excluding diaryl/α,β-unsaturated/α-hetero) is 1. The number of phosphoric acid groups is 1.